The molecule has 2 aromatic rings. The number of rotatable bonds is 5. The number of nitrogens with zero attached hydrogens (tertiary/aromatic N) is 2. The molecule has 0 bridgehead atoms. The van der Waals surface area contributed by atoms with Crippen molar-refractivity contribution in [3.05, 3.63) is 36.2 Å². The standard InChI is InChI=1S/C16H20N4O2.ClH/c21-16(18-9-7-12-2-1-8-17-10-12)14-5-3-13(4-6-14)15-19-11-22-20-15;/h3-6,11-12,17H,1-2,7-10H2,(H,18,21);1H. The van der Waals surface area contributed by atoms with Crippen molar-refractivity contribution in [2.24, 2.45) is 5.92 Å². The van der Waals surface area contributed by atoms with Crippen LogP contribution in [0.5, 0.6) is 0 Å². The number of hydrogen-bond donors (Lipinski definition) is 2. The molecule has 1 aliphatic heterocycles. The predicted octanol–water partition coefficient (Wildman–Crippen LogP) is 2.28. The quantitative estimate of drug-likeness (QED) is 0.875. The van der Waals surface area contributed by atoms with Crippen molar-refractivity contribution in [1.29, 1.82) is 0 Å². The predicted molar refractivity (Wildman–Crippen MR) is 89.5 cm³/mol. The molecule has 1 aromatic carbocycles. The second-order valence-corrected chi connectivity index (χ2v) is 5.59. The first-order chi connectivity index (χ1) is 10.8. The Bertz CT molecular complexity index is 595. The zero-order chi connectivity index (χ0) is 15.2. The number of amides is 1. The molecule has 1 atom stereocenters. The molecule has 6 nitrogen and oxygen atoms in total. The number of nitrogens with one attached hydrogen (secondary N) is 2. The third kappa shape index (κ3) is 4.77. The smallest absolute Gasteiger partial charge is 0.251 e. The zero-order valence-electron chi connectivity index (χ0n) is 12.8. The fraction of sp³-hybridized carbons (Fsp3) is 0.438. The summed E-state index contributed by atoms with van der Waals surface area (Å²) in [5, 5.41) is 10.1. The minimum Gasteiger partial charge on any atom is -0.352 e. The lowest BCUT2D eigenvalue weighted by Crippen LogP contribution is -2.33. The van der Waals surface area contributed by atoms with Gasteiger partial charge in [0.05, 0.1) is 0 Å². The molecule has 2 heterocycles. The Morgan fingerprint density at radius 2 is 2.17 bits per heavy atom. The summed E-state index contributed by atoms with van der Waals surface area (Å²) in [5.74, 6) is 1.16. The normalized spacial score (nSPS) is 17.3. The number of carbonyl (C=O) groups excluding carboxylic acids is 1. The summed E-state index contributed by atoms with van der Waals surface area (Å²) in [4.78, 5) is 16.1. The highest BCUT2D eigenvalue weighted by atomic mass is 35.5. The van der Waals surface area contributed by atoms with E-state index in [1.165, 1.54) is 19.2 Å². The van der Waals surface area contributed by atoms with Gasteiger partial charge in [-0.2, -0.15) is 4.98 Å². The topological polar surface area (TPSA) is 80.0 Å². The molecular formula is C16H21ClN4O2. The average molecular weight is 337 g/mol. The van der Waals surface area contributed by atoms with Gasteiger partial charge in [-0.25, -0.2) is 0 Å². The maximum absolute atomic E-state index is 12.1. The molecule has 1 aromatic heterocycles. The summed E-state index contributed by atoms with van der Waals surface area (Å²) in [6, 6.07) is 7.21. The molecular weight excluding hydrogens is 316 g/mol. The van der Waals surface area contributed by atoms with Crippen molar-refractivity contribution in [3.8, 4) is 11.4 Å². The van der Waals surface area contributed by atoms with Gasteiger partial charge in [0.1, 0.15) is 0 Å². The van der Waals surface area contributed by atoms with Crippen molar-refractivity contribution >= 4 is 18.3 Å². The van der Waals surface area contributed by atoms with E-state index in [4.69, 9.17) is 4.52 Å². The van der Waals surface area contributed by atoms with Gasteiger partial charge in [0.15, 0.2) is 0 Å². The van der Waals surface area contributed by atoms with Crippen LogP contribution in [-0.4, -0.2) is 35.7 Å². The molecule has 1 aliphatic rings. The van der Waals surface area contributed by atoms with Gasteiger partial charge in [-0.3, -0.25) is 4.79 Å². The molecule has 1 amide bonds. The van der Waals surface area contributed by atoms with E-state index < -0.39 is 0 Å². The van der Waals surface area contributed by atoms with Crippen LogP contribution in [0.25, 0.3) is 11.4 Å². The fourth-order valence-corrected chi connectivity index (χ4v) is 2.73. The highest BCUT2D eigenvalue weighted by Crippen LogP contribution is 2.15. The van der Waals surface area contributed by atoms with Crippen LogP contribution >= 0.6 is 12.4 Å². The fourth-order valence-electron chi connectivity index (χ4n) is 2.73. The SMILES string of the molecule is Cl.O=C(NCCC1CCCNC1)c1ccc(-c2ncon2)cc1. The van der Waals surface area contributed by atoms with E-state index in [2.05, 4.69) is 20.8 Å². The monoisotopic (exact) mass is 336 g/mol. The summed E-state index contributed by atoms with van der Waals surface area (Å²) in [6.07, 6.45) is 4.80. The van der Waals surface area contributed by atoms with Crippen LogP contribution in [0, 0.1) is 5.92 Å². The Morgan fingerprint density at radius 1 is 1.35 bits per heavy atom. The maximum atomic E-state index is 12.1. The molecule has 1 saturated heterocycles. The minimum atomic E-state index is -0.0385. The number of benzene rings is 1. The number of halogens is 1. The van der Waals surface area contributed by atoms with Crippen LogP contribution in [0.1, 0.15) is 29.6 Å². The van der Waals surface area contributed by atoms with E-state index in [1.54, 1.807) is 12.1 Å². The summed E-state index contributed by atoms with van der Waals surface area (Å²) in [7, 11) is 0. The molecule has 7 heteroatoms. The van der Waals surface area contributed by atoms with Gasteiger partial charge in [-0.1, -0.05) is 17.3 Å². The van der Waals surface area contributed by atoms with Gasteiger partial charge in [-0.05, 0) is 50.4 Å². The third-order valence-corrected chi connectivity index (χ3v) is 4.00. The highest BCUT2D eigenvalue weighted by Gasteiger charge is 2.13. The summed E-state index contributed by atoms with van der Waals surface area (Å²) in [6.45, 7) is 2.91. The Morgan fingerprint density at radius 3 is 2.83 bits per heavy atom. The summed E-state index contributed by atoms with van der Waals surface area (Å²) < 4.78 is 4.71. The number of hydrogen-bond acceptors (Lipinski definition) is 5. The zero-order valence-corrected chi connectivity index (χ0v) is 13.6. The molecule has 0 aliphatic carbocycles. The van der Waals surface area contributed by atoms with Gasteiger partial charge in [-0.15, -0.1) is 12.4 Å². The number of piperidine rings is 1. The first-order valence-corrected chi connectivity index (χ1v) is 7.68. The average Bonchev–Trinajstić information content (AvgIpc) is 3.10. The van der Waals surface area contributed by atoms with Gasteiger partial charge in [0.2, 0.25) is 12.2 Å². The van der Waals surface area contributed by atoms with E-state index >= 15 is 0 Å². The minimum absolute atomic E-state index is 0. The molecule has 1 fully saturated rings. The molecule has 1 unspecified atom stereocenters. The van der Waals surface area contributed by atoms with Crippen LogP contribution in [-0.2, 0) is 0 Å². The largest absolute Gasteiger partial charge is 0.352 e. The van der Waals surface area contributed by atoms with Crippen molar-refractivity contribution < 1.29 is 9.32 Å². The molecule has 23 heavy (non-hydrogen) atoms. The van der Waals surface area contributed by atoms with E-state index in [0.29, 0.717) is 17.3 Å². The van der Waals surface area contributed by atoms with E-state index in [9.17, 15) is 4.79 Å². The first kappa shape index (κ1) is 17.4. The van der Waals surface area contributed by atoms with Crippen molar-refractivity contribution in [2.75, 3.05) is 19.6 Å². The van der Waals surface area contributed by atoms with Crippen LogP contribution < -0.4 is 10.6 Å². The Balaban J connectivity index is 0.00000192. The Kier molecular flexibility index (Phi) is 6.55. The number of aromatic nitrogens is 2. The first-order valence-electron chi connectivity index (χ1n) is 7.68. The molecule has 124 valence electrons. The summed E-state index contributed by atoms with van der Waals surface area (Å²) in [5.41, 5.74) is 1.48. The lowest BCUT2D eigenvalue weighted by atomic mass is 9.96. The molecule has 0 radical (unpaired) electrons. The van der Waals surface area contributed by atoms with Gasteiger partial charge in [0.25, 0.3) is 5.91 Å². The lowest BCUT2D eigenvalue weighted by molar-refractivity contribution is 0.0950. The Labute approximate surface area is 141 Å². The van der Waals surface area contributed by atoms with Crippen molar-refractivity contribution in [3.63, 3.8) is 0 Å². The van der Waals surface area contributed by atoms with E-state index in [1.807, 2.05) is 12.1 Å². The molecule has 0 spiro atoms. The van der Waals surface area contributed by atoms with Gasteiger partial charge in [0, 0.05) is 17.7 Å². The van der Waals surface area contributed by atoms with E-state index in [0.717, 1.165) is 31.6 Å². The maximum Gasteiger partial charge on any atom is 0.251 e. The van der Waals surface area contributed by atoms with Crippen molar-refractivity contribution in [1.82, 2.24) is 20.8 Å². The molecule has 2 N–H and O–H groups in total. The third-order valence-electron chi connectivity index (χ3n) is 4.00. The Hall–Kier alpha value is -1.92. The van der Waals surface area contributed by atoms with Crippen LogP contribution in [0.3, 0.4) is 0 Å². The van der Waals surface area contributed by atoms with Crippen molar-refractivity contribution in [2.45, 2.75) is 19.3 Å². The second kappa shape index (κ2) is 8.64. The highest BCUT2D eigenvalue weighted by molar-refractivity contribution is 5.94. The van der Waals surface area contributed by atoms with Gasteiger partial charge < -0.3 is 15.2 Å². The lowest BCUT2D eigenvalue weighted by Gasteiger charge is -2.22. The van der Waals surface area contributed by atoms with E-state index in [-0.39, 0.29) is 18.3 Å². The molecule has 3 rings (SSSR count). The second-order valence-electron chi connectivity index (χ2n) is 5.59. The summed E-state index contributed by atoms with van der Waals surface area (Å²) >= 11 is 0. The molecule has 0 saturated carbocycles. The van der Waals surface area contributed by atoms with Crippen LogP contribution in [0.4, 0.5) is 0 Å². The van der Waals surface area contributed by atoms with Gasteiger partial charge >= 0.3 is 0 Å². The number of carbonyl (C=O) groups is 1. The van der Waals surface area contributed by atoms with Crippen LogP contribution in [0.15, 0.2) is 35.2 Å². The van der Waals surface area contributed by atoms with Crippen LogP contribution in [0.2, 0.25) is 0 Å².